The third-order valence-corrected chi connectivity index (χ3v) is 17.7. The smallest absolute Gasteiger partial charge is 0.408 e. The first-order chi connectivity index (χ1) is 38.2. The second kappa shape index (κ2) is 38.1. The van der Waals surface area contributed by atoms with Gasteiger partial charge in [0.15, 0.2) is 0 Å². The number of hydrogen-bond acceptors (Lipinski definition) is 11. The van der Waals surface area contributed by atoms with Crippen LogP contribution in [0.1, 0.15) is 102 Å². The monoisotopic (exact) mass is 1170 g/mol. The normalized spacial score (nSPS) is 18.1. The lowest BCUT2D eigenvalue weighted by molar-refractivity contribution is -0.138. The molecule has 0 unspecified atom stereocenters. The van der Waals surface area contributed by atoms with Crippen LogP contribution in [0.25, 0.3) is 0 Å². The fourth-order valence-corrected chi connectivity index (χ4v) is 13.1. The van der Waals surface area contributed by atoms with Crippen LogP contribution >= 0.6 is 47.7 Å². The summed E-state index contributed by atoms with van der Waals surface area (Å²) < 4.78 is 5.21. The van der Waals surface area contributed by atoms with Gasteiger partial charge in [0.1, 0.15) is 24.7 Å². The summed E-state index contributed by atoms with van der Waals surface area (Å²) in [5.41, 5.74) is 10.6. The van der Waals surface area contributed by atoms with Gasteiger partial charge in [-0.3, -0.25) is 19.2 Å². The number of nitrogens with two attached hydrogens (primary N) is 1. The first-order valence-corrected chi connectivity index (χ1v) is 32.2. The van der Waals surface area contributed by atoms with E-state index in [1.54, 1.807) is 13.8 Å². The zero-order valence-electron chi connectivity index (χ0n) is 48.2. The van der Waals surface area contributed by atoms with Crippen LogP contribution in [0, 0.1) is 11.8 Å². The molecule has 3 heterocycles. The molecule has 3 saturated heterocycles. The Morgan fingerprint density at radius 1 is 0.550 bits per heavy atom. The third kappa shape index (κ3) is 24.8. The number of aryl methyl sites for hydroxylation is 3. The fraction of sp³-hybridized carbons (Fsp3) is 0.540. The highest BCUT2D eigenvalue weighted by molar-refractivity contribution is 7.99. The Kier molecular flexibility index (Phi) is 32.3. The fourth-order valence-electron chi connectivity index (χ4n) is 9.62. The highest BCUT2D eigenvalue weighted by atomic mass is 35.5. The SMILES string of the molecule is CC(C)[C@H](NC(=O)[C@H](C)N)C(=O)N1CCC[C@H]1CSCCc1ccccc1.CC(C)[C@H](NC(=O)[C@H](C)NC(=O)OCc1ccccc1)C(=O)N1CCC[C@H]1CSCCc1ccccc1.Cl.c1ccc(CCSC[C@@H]2CCCN2)cc1. The van der Waals surface area contributed by atoms with Gasteiger partial charge in [0.05, 0.1) is 6.04 Å². The van der Waals surface area contributed by atoms with Crippen LogP contribution in [-0.2, 0) is 49.8 Å². The molecule has 0 aliphatic carbocycles. The van der Waals surface area contributed by atoms with Crippen molar-refractivity contribution in [2.24, 2.45) is 17.6 Å². The minimum absolute atomic E-state index is 0. The zero-order valence-corrected chi connectivity index (χ0v) is 51.5. The van der Waals surface area contributed by atoms with Crippen molar-refractivity contribution in [2.45, 2.75) is 148 Å². The first-order valence-electron chi connectivity index (χ1n) is 28.7. The Morgan fingerprint density at radius 2 is 0.950 bits per heavy atom. The van der Waals surface area contributed by atoms with Crippen LogP contribution < -0.4 is 27.0 Å². The van der Waals surface area contributed by atoms with Crippen molar-refractivity contribution >= 4 is 77.4 Å². The van der Waals surface area contributed by atoms with Gasteiger partial charge in [-0.25, -0.2) is 4.79 Å². The van der Waals surface area contributed by atoms with E-state index in [1.165, 1.54) is 54.0 Å². The van der Waals surface area contributed by atoms with Crippen molar-refractivity contribution < 1.29 is 28.7 Å². The van der Waals surface area contributed by atoms with Gasteiger partial charge in [-0.2, -0.15) is 35.3 Å². The van der Waals surface area contributed by atoms with E-state index in [4.69, 9.17) is 10.5 Å². The van der Waals surface area contributed by atoms with Crippen molar-refractivity contribution in [1.82, 2.24) is 31.1 Å². The predicted octanol–water partition coefficient (Wildman–Crippen LogP) is 9.99. The Balaban J connectivity index is 0.000000279. The Morgan fingerprint density at radius 3 is 1.34 bits per heavy atom. The number of ether oxygens (including phenoxy) is 1. The largest absolute Gasteiger partial charge is 0.445 e. The summed E-state index contributed by atoms with van der Waals surface area (Å²) in [6.45, 7) is 13.8. The molecule has 80 heavy (non-hydrogen) atoms. The maximum Gasteiger partial charge on any atom is 0.408 e. The second-order valence-corrected chi connectivity index (χ2v) is 25.0. The molecule has 0 bridgehead atoms. The van der Waals surface area contributed by atoms with Crippen molar-refractivity contribution in [3.05, 3.63) is 144 Å². The van der Waals surface area contributed by atoms with Gasteiger partial charge in [0.2, 0.25) is 23.6 Å². The second-order valence-electron chi connectivity index (χ2n) is 21.6. The highest BCUT2D eigenvalue weighted by Gasteiger charge is 2.37. The Hall–Kier alpha value is -4.71. The number of thioether (sulfide) groups is 3. The molecule has 4 aromatic rings. The van der Waals surface area contributed by atoms with Crippen LogP contribution in [0.15, 0.2) is 121 Å². The summed E-state index contributed by atoms with van der Waals surface area (Å²) in [6.07, 6.45) is 9.35. The van der Waals surface area contributed by atoms with Crippen molar-refractivity contribution in [3.8, 4) is 0 Å². The van der Waals surface area contributed by atoms with Crippen LogP contribution in [0.2, 0.25) is 0 Å². The number of carbonyl (C=O) groups excluding carboxylic acids is 5. The van der Waals surface area contributed by atoms with Gasteiger partial charge in [0, 0.05) is 48.5 Å². The lowest BCUT2D eigenvalue weighted by atomic mass is 10.0. The number of rotatable bonds is 26. The zero-order chi connectivity index (χ0) is 56.8. The van der Waals surface area contributed by atoms with E-state index in [2.05, 4.69) is 112 Å². The summed E-state index contributed by atoms with van der Waals surface area (Å²) in [5.74, 6) is 5.70. The van der Waals surface area contributed by atoms with Crippen LogP contribution in [-0.4, -0.2) is 136 Å². The van der Waals surface area contributed by atoms with E-state index in [0.717, 1.165) is 79.7 Å². The van der Waals surface area contributed by atoms with E-state index >= 15 is 0 Å². The molecule has 7 atom stereocenters. The number of carbonyl (C=O) groups is 5. The van der Waals surface area contributed by atoms with Gasteiger partial charge in [-0.15, -0.1) is 12.4 Å². The molecule has 0 spiro atoms. The van der Waals surface area contributed by atoms with E-state index in [-0.39, 0.29) is 60.7 Å². The molecule has 0 radical (unpaired) electrons. The lowest BCUT2D eigenvalue weighted by Crippen LogP contribution is -2.56. The quantitative estimate of drug-likeness (QED) is 0.0379. The number of nitrogens with one attached hydrogen (secondary N) is 4. The van der Waals surface area contributed by atoms with Gasteiger partial charge < -0.3 is 41.5 Å². The molecule has 440 valence electrons. The number of amides is 5. The summed E-state index contributed by atoms with van der Waals surface area (Å²) in [6, 6.07) is 39.6. The number of nitrogens with zero attached hydrogens (tertiary/aromatic N) is 2. The molecule has 6 N–H and O–H groups in total. The average molecular weight is 1180 g/mol. The molecule has 0 aromatic heterocycles. The molecule has 0 saturated carbocycles. The maximum atomic E-state index is 13.5. The molecule has 3 aliphatic heterocycles. The molecular formula is C63H92ClN7O6S3. The molecule has 13 nitrogen and oxygen atoms in total. The summed E-state index contributed by atoms with van der Waals surface area (Å²) >= 11 is 5.86. The number of alkyl carbamates (subject to hydrolysis) is 1. The number of likely N-dealkylation sites (tertiary alicyclic amines) is 2. The van der Waals surface area contributed by atoms with Gasteiger partial charge in [-0.1, -0.05) is 149 Å². The summed E-state index contributed by atoms with van der Waals surface area (Å²) in [7, 11) is 0. The molecule has 3 fully saturated rings. The highest BCUT2D eigenvalue weighted by Crippen LogP contribution is 2.26. The van der Waals surface area contributed by atoms with E-state index in [1.807, 2.05) is 103 Å². The summed E-state index contributed by atoms with van der Waals surface area (Å²) in [5, 5.41) is 11.8. The van der Waals surface area contributed by atoms with Crippen molar-refractivity contribution in [1.29, 1.82) is 0 Å². The Labute approximate surface area is 497 Å². The third-order valence-electron chi connectivity index (χ3n) is 14.4. The number of halogens is 1. The minimum atomic E-state index is -0.833. The van der Waals surface area contributed by atoms with E-state index < -0.39 is 36.2 Å². The minimum Gasteiger partial charge on any atom is -0.445 e. The first kappa shape index (κ1) is 67.8. The predicted molar refractivity (Wildman–Crippen MR) is 337 cm³/mol. The lowest BCUT2D eigenvalue weighted by Gasteiger charge is -2.31. The van der Waals surface area contributed by atoms with Crippen LogP contribution in [0.4, 0.5) is 4.79 Å². The molecule has 4 aromatic carbocycles. The van der Waals surface area contributed by atoms with E-state index in [9.17, 15) is 24.0 Å². The average Bonchev–Trinajstić information content (AvgIpc) is 4.30. The van der Waals surface area contributed by atoms with Crippen molar-refractivity contribution in [2.75, 3.05) is 54.2 Å². The summed E-state index contributed by atoms with van der Waals surface area (Å²) in [4.78, 5) is 67.5. The Bertz CT molecular complexity index is 2370. The number of benzene rings is 4. The topological polar surface area (TPSA) is 175 Å². The van der Waals surface area contributed by atoms with Gasteiger partial charge in [-0.05, 0) is 130 Å². The molecule has 5 amide bonds. The van der Waals surface area contributed by atoms with Gasteiger partial charge >= 0.3 is 6.09 Å². The standard InChI is InChI=1S/C29H39N3O4S.C21H33N3O2S.C13H19NS.ClH/c1-21(2)26(31-27(33)22(3)30-29(35)36-19-24-13-8-5-9-14-24)28(34)32-17-10-15-25(32)20-37-18-16-23-11-6-4-7-12-23;1-15(2)19(23-20(25)16(3)22)21(26)24-12-7-10-18(24)14-27-13-11-17-8-5-4-6-9-17;1-2-5-12(6-3-1)8-10-15-11-13-7-4-9-14-13;/h4-9,11-14,21-22,25-26H,10,15-20H2,1-3H3,(H,30,35)(H,31,33);4-6,8-9,15-16,18-19H,7,10-14,22H2,1-3H3,(H,23,25);1-3,5-6,13-14H,4,7-11H2;1H/t22-,25-,26-;16-,18-,19-;13-;/m000./s1. The van der Waals surface area contributed by atoms with Gasteiger partial charge in [0.25, 0.3) is 0 Å². The molecule has 17 heteroatoms. The molecule has 3 aliphatic rings. The molecule has 7 rings (SSSR count). The van der Waals surface area contributed by atoms with Crippen molar-refractivity contribution in [3.63, 3.8) is 0 Å². The van der Waals surface area contributed by atoms with Crippen LogP contribution in [0.5, 0.6) is 0 Å². The van der Waals surface area contributed by atoms with E-state index in [0.29, 0.717) is 6.54 Å². The van der Waals surface area contributed by atoms with Crippen LogP contribution in [0.3, 0.4) is 0 Å². The maximum absolute atomic E-state index is 13.5. The number of hydrogen-bond donors (Lipinski definition) is 5. The molecular weight excluding hydrogens is 1080 g/mol.